The first kappa shape index (κ1) is 47.6. The molecule has 3 N–H and O–H groups in total. The quantitative estimate of drug-likeness (QED) is 0.210. The molecule has 4 fully saturated rings. The highest BCUT2D eigenvalue weighted by atomic mass is 16.7. The second-order valence-electron chi connectivity index (χ2n) is 19.0. The Hall–Kier alpha value is -2.31. The summed E-state index contributed by atoms with van der Waals surface area (Å²) in [5, 5.41) is 34.2. The summed E-state index contributed by atoms with van der Waals surface area (Å²) in [4.78, 5) is 14.3. The van der Waals surface area contributed by atoms with Crippen molar-refractivity contribution in [1.29, 1.82) is 0 Å². The first-order valence-corrected chi connectivity index (χ1v) is 22.9. The fourth-order valence-corrected chi connectivity index (χ4v) is 10.6. The van der Waals surface area contributed by atoms with Crippen molar-refractivity contribution >= 4 is 5.97 Å². The van der Waals surface area contributed by atoms with E-state index in [-0.39, 0.29) is 42.7 Å². The predicted molar refractivity (Wildman–Crippen MR) is 227 cm³/mol. The van der Waals surface area contributed by atoms with Crippen LogP contribution in [0.15, 0.2) is 59.3 Å². The van der Waals surface area contributed by atoms with E-state index in [1.165, 1.54) is 0 Å². The third-order valence-corrected chi connectivity index (χ3v) is 14.5. The molecule has 0 amide bonds. The number of rotatable bonds is 8. The molecule has 0 saturated carbocycles. The van der Waals surface area contributed by atoms with E-state index in [0.717, 1.165) is 12.0 Å². The second kappa shape index (κ2) is 19.7. The fraction of sp³-hybridized carbons (Fsp3) is 0.771. The van der Waals surface area contributed by atoms with E-state index in [1.54, 1.807) is 40.2 Å². The van der Waals surface area contributed by atoms with Crippen LogP contribution < -0.4 is 0 Å². The molecule has 7 aliphatic rings. The molecule has 0 aromatic rings. The molecule has 7 rings (SSSR count). The zero-order valence-electron chi connectivity index (χ0n) is 38.2. The molecule has 20 atom stereocenters. The molecule has 14 heteroatoms. The highest BCUT2D eigenvalue weighted by Crippen LogP contribution is 2.47. The van der Waals surface area contributed by atoms with Crippen molar-refractivity contribution in [2.75, 3.05) is 20.8 Å². The molecule has 14 nitrogen and oxygen atoms in total. The Morgan fingerprint density at radius 1 is 0.887 bits per heavy atom. The second-order valence-corrected chi connectivity index (χ2v) is 19.0. The first-order chi connectivity index (χ1) is 29.5. The topological polar surface area (TPSA) is 170 Å². The summed E-state index contributed by atoms with van der Waals surface area (Å²) >= 11 is 0. The Bertz CT molecular complexity index is 1730. The largest absolute Gasteiger partial charge is 0.462 e. The molecular formula is C48H72O14. The molecule has 0 aromatic heterocycles. The van der Waals surface area contributed by atoms with Gasteiger partial charge in [-0.1, -0.05) is 70.6 Å². The van der Waals surface area contributed by atoms with Gasteiger partial charge in [-0.15, -0.1) is 0 Å². The molecule has 5 unspecified atom stereocenters. The minimum atomic E-state index is -1.84. The fourth-order valence-electron chi connectivity index (χ4n) is 10.6. The molecule has 2 bridgehead atoms. The van der Waals surface area contributed by atoms with Gasteiger partial charge in [-0.25, -0.2) is 0 Å². The van der Waals surface area contributed by atoms with Gasteiger partial charge in [0.2, 0.25) is 0 Å². The third kappa shape index (κ3) is 9.64. The predicted octanol–water partition coefficient (Wildman–Crippen LogP) is 5.38. The zero-order valence-corrected chi connectivity index (χ0v) is 38.2. The van der Waals surface area contributed by atoms with Crippen LogP contribution in [0.2, 0.25) is 0 Å². The van der Waals surface area contributed by atoms with E-state index in [2.05, 4.69) is 39.8 Å². The number of hydrogen-bond acceptors (Lipinski definition) is 14. The van der Waals surface area contributed by atoms with Gasteiger partial charge in [0.1, 0.15) is 42.0 Å². The lowest BCUT2D eigenvalue weighted by Gasteiger charge is -2.48. The van der Waals surface area contributed by atoms with Crippen LogP contribution in [0.25, 0.3) is 0 Å². The monoisotopic (exact) mass is 872 g/mol. The summed E-state index contributed by atoms with van der Waals surface area (Å²) in [6.45, 7) is 16.1. The number of aliphatic hydroxyl groups excluding tert-OH is 2. The Labute approximate surface area is 367 Å². The van der Waals surface area contributed by atoms with E-state index in [1.807, 2.05) is 32.1 Å². The Morgan fingerprint density at radius 2 is 1.60 bits per heavy atom. The molecule has 6 aliphatic heterocycles. The van der Waals surface area contributed by atoms with Gasteiger partial charge in [-0.05, 0) is 62.8 Å². The van der Waals surface area contributed by atoms with E-state index >= 15 is 0 Å². The summed E-state index contributed by atoms with van der Waals surface area (Å²) in [5.41, 5.74) is 0.134. The lowest BCUT2D eigenvalue weighted by atomic mass is 9.71. The summed E-state index contributed by atoms with van der Waals surface area (Å²) in [7, 11) is 3.22. The maximum Gasteiger partial charge on any atom is 0.316 e. The van der Waals surface area contributed by atoms with Gasteiger partial charge >= 0.3 is 5.97 Å². The summed E-state index contributed by atoms with van der Waals surface area (Å²) < 4.78 is 63.7. The van der Waals surface area contributed by atoms with Crippen molar-refractivity contribution in [3.63, 3.8) is 0 Å². The Kier molecular flexibility index (Phi) is 15.1. The number of allylic oxidation sites excluding steroid dienone is 2. The normalized spacial score (nSPS) is 49.1. The van der Waals surface area contributed by atoms with E-state index in [0.29, 0.717) is 43.3 Å². The number of methoxy groups -OCH3 is 2. The van der Waals surface area contributed by atoms with Crippen LogP contribution in [0, 0.1) is 23.7 Å². The number of carbonyl (C=O) groups is 1. The van der Waals surface area contributed by atoms with Crippen molar-refractivity contribution < 1.29 is 67.5 Å². The van der Waals surface area contributed by atoms with Crippen LogP contribution >= 0.6 is 0 Å². The van der Waals surface area contributed by atoms with E-state index in [9.17, 15) is 20.1 Å². The lowest BCUT2D eigenvalue weighted by molar-refractivity contribution is -0.318. The van der Waals surface area contributed by atoms with Crippen LogP contribution in [-0.4, -0.2) is 139 Å². The van der Waals surface area contributed by atoms with Gasteiger partial charge in [0.05, 0.1) is 49.3 Å². The van der Waals surface area contributed by atoms with Gasteiger partial charge in [-0.3, -0.25) is 4.79 Å². The average molecular weight is 873 g/mol. The summed E-state index contributed by atoms with van der Waals surface area (Å²) in [6.07, 6.45) is 8.55. The highest BCUT2D eigenvalue weighted by Gasteiger charge is 2.60. The number of aliphatic hydroxyl groups is 3. The molecule has 348 valence electrons. The number of ether oxygens (including phenoxy) is 10. The minimum Gasteiger partial charge on any atom is -0.462 e. The van der Waals surface area contributed by atoms with Crippen LogP contribution in [0.5, 0.6) is 0 Å². The van der Waals surface area contributed by atoms with Crippen LogP contribution in [0.1, 0.15) is 93.9 Å². The number of fused-ring (bicyclic) bond motifs is 2. The summed E-state index contributed by atoms with van der Waals surface area (Å²) in [6, 6.07) is 0. The van der Waals surface area contributed by atoms with Crippen molar-refractivity contribution in [3.05, 3.63) is 59.3 Å². The van der Waals surface area contributed by atoms with Gasteiger partial charge in [-0.2, -0.15) is 0 Å². The Morgan fingerprint density at radius 3 is 2.32 bits per heavy atom. The highest BCUT2D eigenvalue weighted by molar-refractivity contribution is 5.78. The van der Waals surface area contributed by atoms with Gasteiger partial charge in [0, 0.05) is 51.7 Å². The first-order valence-electron chi connectivity index (χ1n) is 22.9. The average Bonchev–Trinajstić information content (AvgIpc) is 3.58. The van der Waals surface area contributed by atoms with Gasteiger partial charge in [0.25, 0.3) is 0 Å². The van der Waals surface area contributed by atoms with E-state index in [4.69, 9.17) is 47.4 Å². The van der Waals surface area contributed by atoms with Crippen molar-refractivity contribution in [1.82, 2.24) is 0 Å². The molecule has 62 heavy (non-hydrogen) atoms. The molecule has 0 aromatic carbocycles. The SMILES string of the molecule is CC[C@H](C)C1O[C@]2(C=C[C@@H]1C)CC1CC(C/C=C(\C)[C@@H](O[C@H]3C[C@H](OC)[C@@H](O[C@H]4C[C@H](OC)[C@@H](O)[C@H](C)O4)[C@H](C)O3)[C@@H](C)/C=C/C=C3\COC4[C@H](O)C(C)=CC(C(=O)O1)[C@]34O)O2. The molecule has 0 radical (unpaired) electrons. The number of esters is 1. The number of hydrogen-bond donors (Lipinski definition) is 3. The van der Waals surface area contributed by atoms with Crippen LogP contribution in [-0.2, 0) is 52.2 Å². The summed E-state index contributed by atoms with van der Waals surface area (Å²) in [5.74, 6) is -2.56. The third-order valence-electron chi connectivity index (χ3n) is 14.5. The van der Waals surface area contributed by atoms with Crippen molar-refractivity contribution in [2.24, 2.45) is 23.7 Å². The maximum atomic E-state index is 14.3. The minimum absolute atomic E-state index is 0.0317. The molecular weight excluding hydrogens is 801 g/mol. The van der Waals surface area contributed by atoms with Crippen LogP contribution in [0.3, 0.4) is 0 Å². The Balaban J connectivity index is 1.18. The van der Waals surface area contributed by atoms with Gasteiger partial charge < -0.3 is 62.7 Å². The smallest absolute Gasteiger partial charge is 0.316 e. The molecule has 6 heterocycles. The van der Waals surface area contributed by atoms with Crippen molar-refractivity contribution in [3.8, 4) is 0 Å². The van der Waals surface area contributed by atoms with Gasteiger partial charge in [0.15, 0.2) is 18.4 Å². The molecule has 1 spiro atoms. The number of carbonyl (C=O) groups excluding carboxylic acids is 1. The van der Waals surface area contributed by atoms with Crippen LogP contribution in [0.4, 0.5) is 0 Å². The molecule has 1 aliphatic carbocycles. The standard InChI is InChI=1S/C48H72O14/c1-11-25(2)43-28(5)17-18-47(62-43)23-34-20-33(61-47)16-15-27(4)42(26(3)13-12-14-32-24-55-45-40(49)29(6)19-35(46(51)58-34)48(32,45)52)59-39-22-37(54-10)44(31(8)57-39)60-38-21-36(53-9)41(50)30(7)56-38/h12-15,17-19,25-26,28,30-31,33-45,49-50,52H,11,16,20-24H2,1-10H3/b13-12+,27-15+,32-14+/t25-,26-,28-,30-,31-,33?,34?,35?,36-,37-,38-,39-,40+,41-,42-,43?,44-,45?,47+,48+/m0/s1. The lowest BCUT2D eigenvalue weighted by Crippen LogP contribution is -2.58. The molecule has 4 saturated heterocycles. The van der Waals surface area contributed by atoms with E-state index < -0.39 is 90.8 Å². The maximum absolute atomic E-state index is 14.3. The van der Waals surface area contributed by atoms with Crippen molar-refractivity contribution in [2.45, 2.75) is 191 Å². The zero-order chi connectivity index (χ0) is 44.7.